The summed E-state index contributed by atoms with van der Waals surface area (Å²) >= 11 is 1.86. The average Bonchev–Trinajstić information content (AvgIpc) is 3.74. The van der Waals surface area contributed by atoms with Crippen LogP contribution in [0.3, 0.4) is 0 Å². The fraction of sp³-hybridized carbons (Fsp3) is 0. The lowest BCUT2D eigenvalue weighted by Crippen LogP contribution is -2.11. The Morgan fingerprint density at radius 3 is 1.87 bits per heavy atom. The van der Waals surface area contributed by atoms with Gasteiger partial charge in [0.1, 0.15) is 0 Å². The lowest BCUT2D eigenvalue weighted by atomic mass is 9.98. The van der Waals surface area contributed by atoms with E-state index in [9.17, 15) is 0 Å². The molecule has 62 heavy (non-hydrogen) atoms. The molecule has 290 valence electrons. The Bertz CT molecular complexity index is 3600. The van der Waals surface area contributed by atoms with Crippen LogP contribution >= 0.6 is 11.8 Å². The first-order chi connectivity index (χ1) is 30.8. The minimum absolute atomic E-state index is 0.930. The molecule has 0 radical (unpaired) electrons. The van der Waals surface area contributed by atoms with Crippen molar-refractivity contribution in [2.24, 2.45) is 0 Å². The van der Waals surface area contributed by atoms with Crippen LogP contribution in [-0.2, 0) is 0 Å². The summed E-state index contributed by atoms with van der Waals surface area (Å²) < 4.78 is 4.80. The Kier molecular flexibility index (Phi) is 7.81. The van der Waals surface area contributed by atoms with Crippen LogP contribution in [0, 0.1) is 0 Å². The van der Waals surface area contributed by atoms with E-state index in [0.29, 0.717) is 0 Å². The number of benzene rings is 8. The van der Waals surface area contributed by atoms with Crippen molar-refractivity contribution in [2.75, 3.05) is 4.90 Å². The zero-order valence-corrected chi connectivity index (χ0v) is 34.3. The first-order valence-electron chi connectivity index (χ1n) is 21.0. The number of hydrogen-bond acceptors (Lipinski definition) is 3. The van der Waals surface area contributed by atoms with Crippen molar-refractivity contribution >= 4 is 73.7 Å². The molecular formula is C57H36N4S. The molecule has 2 aliphatic heterocycles. The Morgan fingerprint density at radius 1 is 0.419 bits per heavy atom. The highest BCUT2D eigenvalue weighted by atomic mass is 32.2. The van der Waals surface area contributed by atoms with E-state index in [0.717, 1.165) is 39.7 Å². The summed E-state index contributed by atoms with van der Waals surface area (Å²) in [4.78, 5) is 10.1. The predicted molar refractivity (Wildman–Crippen MR) is 259 cm³/mol. The number of rotatable bonds is 4. The Balaban J connectivity index is 0.903. The zero-order chi connectivity index (χ0) is 40.7. The van der Waals surface area contributed by atoms with Gasteiger partial charge in [0.25, 0.3) is 0 Å². The van der Waals surface area contributed by atoms with Gasteiger partial charge in [-0.2, -0.15) is 0 Å². The van der Waals surface area contributed by atoms with E-state index < -0.39 is 0 Å². The standard InChI is InChI=1S/C57H36N4S/c1-2-15-40(16-3-1)61-50-23-11-6-18-44(50)54-43-17-5-9-21-48(43)59(51-24-12-8-20-46(51)56(54)61)41-31-28-37(29-32-41)47-34-33-42(36-58-47)60-49-22-10-7-19-45(49)55-52(60)35-30-39-27-26-38-14-4-13-25-53(38)62-57(39)55/h1-36H. The average molecular weight is 809 g/mol. The SMILES string of the molecule is C1=Cc2ccc3c(c2Sc2ccccc21)c1ccccc1n3-c1ccc(-c2ccc(N3c4ccccc4-c4c(n(-c5ccccc5)c5ccccc45)-c4ccccc43)cc2)nc1. The van der Waals surface area contributed by atoms with E-state index in [1.807, 2.05) is 18.0 Å². The summed E-state index contributed by atoms with van der Waals surface area (Å²) in [6.45, 7) is 0. The van der Waals surface area contributed by atoms with Crippen LogP contribution in [0.15, 0.2) is 216 Å². The number of pyridine rings is 1. The molecule has 2 aliphatic rings. The number of nitrogens with zero attached hydrogens (tertiary/aromatic N) is 4. The Labute approximate surface area is 363 Å². The second-order valence-electron chi connectivity index (χ2n) is 15.9. The minimum atomic E-state index is 0.930. The molecule has 11 aromatic rings. The van der Waals surface area contributed by atoms with Crippen molar-refractivity contribution in [2.45, 2.75) is 9.79 Å². The van der Waals surface area contributed by atoms with Crippen molar-refractivity contribution in [3.05, 3.63) is 218 Å². The molecule has 0 saturated carbocycles. The van der Waals surface area contributed by atoms with Gasteiger partial charge in [-0.05, 0) is 83.9 Å². The van der Waals surface area contributed by atoms with Gasteiger partial charge in [0.05, 0.1) is 51.2 Å². The molecule has 0 N–H and O–H groups in total. The maximum absolute atomic E-state index is 5.11. The van der Waals surface area contributed by atoms with Crippen molar-refractivity contribution in [3.63, 3.8) is 0 Å². The third-order valence-corrected chi connectivity index (χ3v) is 13.8. The second kappa shape index (κ2) is 13.8. The smallest absolute Gasteiger partial charge is 0.0703 e. The number of para-hydroxylation sites is 5. The van der Waals surface area contributed by atoms with Crippen LogP contribution in [-0.4, -0.2) is 14.1 Å². The van der Waals surface area contributed by atoms with Crippen molar-refractivity contribution in [1.82, 2.24) is 14.1 Å². The summed E-state index contributed by atoms with van der Waals surface area (Å²) in [5.41, 5.74) is 18.4. The molecule has 0 spiro atoms. The number of hydrogen-bond donors (Lipinski definition) is 0. The van der Waals surface area contributed by atoms with E-state index in [1.165, 1.54) is 76.0 Å². The van der Waals surface area contributed by atoms with Crippen LogP contribution in [0.1, 0.15) is 11.1 Å². The number of aromatic nitrogens is 3. The third-order valence-electron chi connectivity index (χ3n) is 12.5. The Morgan fingerprint density at radius 2 is 1.06 bits per heavy atom. The van der Waals surface area contributed by atoms with Gasteiger partial charge < -0.3 is 14.0 Å². The highest BCUT2D eigenvalue weighted by molar-refractivity contribution is 7.99. The fourth-order valence-corrected chi connectivity index (χ4v) is 11.0. The minimum Gasteiger partial charge on any atom is -0.309 e. The molecule has 0 fully saturated rings. The van der Waals surface area contributed by atoms with Gasteiger partial charge in [-0.3, -0.25) is 4.98 Å². The van der Waals surface area contributed by atoms with Crippen LogP contribution < -0.4 is 4.90 Å². The first kappa shape index (κ1) is 34.9. The van der Waals surface area contributed by atoms with Crippen molar-refractivity contribution in [1.29, 1.82) is 0 Å². The Hall–Kier alpha value is -7.86. The molecule has 13 rings (SSSR count). The molecule has 0 bridgehead atoms. The molecular weight excluding hydrogens is 773 g/mol. The van der Waals surface area contributed by atoms with Crippen molar-refractivity contribution in [3.8, 4) is 45.0 Å². The summed E-state index contributed by atoms with van der Waals surface area (Å²) in [7, 11) is 0. The molecule has 0 amide bonds. The number of anilines is 3. The lowest BCUT2D eigenvalue weighted by molar-refractivity contribution is 1.13. The van der Waals surface area contributed by atoms with Gasteiger partial charge >= 0.3 is 0 Å². The van der Waals surface area contributed by atoms with Gasteiger partial charge in [-0.25, -0.2) is 0 Å². The molecule has 0 aliphatic carbocycles. The fourth-order valence-electron chi connectivity index (χ4n) is 9.80. The highest BCUT2D eigenvalue weighted by Gasteiger charge is 2.31. The van der Waals surface area contributed by atoms with E-state index in [-0.39, 0.29) is 0 Å². The van der Waals surface area contributed by atoms with Gasteiger partial charge in [-0.15, -0.1) is 0 Å². The van der Waals surface area contributed by atoms with Crippen LogP contribution in [0.2, 0.25) is 0 Å². The van der Waals surface area contributed by atoms with Crippen LogP contribution in [0.5, 0.6) is 0 Å². The molecule has 0 atom stereocenters. The van der Waals surface area contributed by atoms with Gasteiger partial charge in [0, 0.05) is 59.6 Å². The third kappa shape index (κ3) is 5.25. The molecule has 5 heterocycles. The van der Waals surface area contributed by atoms with Gasteiger partial charge in [0.15, 0.2) is 0 Å². The largest absolute Gasteiger partial charge is 0.309 e. The molecule has 0 unspecified atom stereocenters. The summed E-state index contributed by atoms with van der Waals surface area (Å²) in [6, 6.07) is 72.4. The van der Waals surface area contributed by atoms with E-state index in [4.69, 9.17) is 4.98 Å². The van der Waals surface area contributed by atoms with Crippen LogP contribution in [0.4, 0.5) is 17.1 Å². The maximum atomic E-state index is 5.11. The molecule has 5 heteroatoms. The topological polar surface area (TPSA) is 26.0 Å². The quantitative estimate of drug-likeness (QED) is 0.177. The highest BCUT2D eigenvalue weighted by Crippen LogP contribution is 2.54. The number of fused-ring (bicyclic) bond motifs is 13. The lowest BCUT2D eigenvalue weighted by Gasteiger charge is -2.27. The van der Waals surface area contributed by atoms with Crippen molar-refractivity contribution < 1.29 is 0 Å². The second-order valence-corrected chi connectivity index (χ2v) is 17.0. The normalized spacial score (nSPS) is 12.7. The maximum Gasteiger partial charge on any atom is 0.0703 e. The molecule has 3 aromatic heterocycles. The zero-order valence-electron chi connectivity index (χ0n) is 33.5. The monoisotopic (exact) mass is 808 g/mol. The predicted octanol–water partition coefficient (Wildman–Crippen LogP) is 15.5. The summed E-state index contributed by atoms with van der Waals surface area (Å²) in [5.74, 6) is 0. The molecule has 0 saturated heterocycles. The molecule has 4 nitrogen and oxygen atoms in total. The van der Waals surface area contributed by atoms with E-state index >= 15 is 0 Å². The van der Waals surface area contributed by atoms with Crippen LogP contribution in [0.25, 0.3) is 89.9 Å². The van der Waals surface area contributed by atoms with E-state index in [1.54, 1.807) is 0 Å². The van der Waals surface area contributed by atoms with Gasteiger partial charge in [-0.1, -0.05) is 151 Å². The van der Waals surface area contributed by atoms with Gasteiger partial charge in [0.2, 0.25) is 0 Å². The van der Waals surface area contributed by atoms with E-state index in [2.05, 4.69) is 226 Å². The summed E-state index contributed by atoms with van der Waals surface area (Å²) in [6.07, 6.45) is 6.52. The molecule has 8 aromatic carbocycles. The summed E-state index contributed by atoms with van der Waals surface area (Å²) in [5, 5.41) is 3.75. The first-order valence-corrected chi connectivity index (χ1v) is 21.9.